The highest BCUT2D eigenvalue weighted by Gasteiger charge is 2.02. The van der Waals surface area contributed by atoms with Crippen molar-refractivity contribution in [1.82, 2.24) is 15.0 Å². The van der Waals surface area contributed by atoms with Gasteiger partial charge < -0.3 is 10.4 Å². The molecular weight excluding hydrogens is 180 g/mol. The van der Waals surface area contributed by atoms with Crippen LogP contribution in [0.4, 0.5) is 5.95 Å². The number of hydrogen-bond acceptors (Lipinski definition) is 5. The molecule has 0 aromatic carbocycles. The van der Waals surface area contributed by atoms with Crippen LogP contribution in [0.5, 0.6) is 0 Å². The molecular formula is C6H9ClN4O. The van der Waals surface area contributed by atoms with E-state index in [1.165, 1.54) is 0 Å². The minimum absolute atomic E-state index is 0.116. The molecule has 0 saturated heterocycles. The van der Waals surface area contributed by atoms with Crippen LogP contribution in [0.1, 0.15) is 12.7 Å². The summed E-state index contributed by atoms with van der Waals surface area (Å²) >= 11 is 5.55. The van der Waals surface area contributed by atoms with E-state index >= 15 is 0 Å². The number of aromatic nitrogens is 3. The standard InChI is InChI=1S/C6H9ClN4O/c1-3-8-5(7)11-6(9-3)10-4(2)12/h4,12H,1-2H3,(H,8,9,10,11). The Balaban J connectivity index is 2.85. The fraction of sp³-hybridized carbons (Fsp3) is 0.500. The lowest BCUT2D eigenvalue weighted by atomic mass is 10.6. The van der Waals surface area contributed by atoms with E-state index in [1.807, 2.05) is 0 Å². The van der Waals surface area contributed by atoms with Gasteiger partial charge in [0.25, 0.3) is 0 Å². The summed E-state index contributed by atoms with van der Waals surface area (Å²) in [7, 11) is 0. The summed E-state index contributed by atoms with van der Waals surface area (Å²) in [4.78, 5) is 11.4. The molecule has 2 N–H and O–H groups in total. The van der Waals surface area contributed by atoms with E-state index in [9.17, 15) is 0 Å². The van der Waals surface area contributed by atoms with Gasteiger partial charge in [-0.05, 0) is 25.4 Å². The third-order valence-corrected chi connectivity index (χ3v) is 1.23. The third-order valence-electron chi connectivity index (χ3n) is 1.06. The molecule has 1 rings (SSSR count). The van der Waals surface area contributed by atoms with Crippen molar-refractivity contribution in [2.24, 2.45) is 0 Å². The monoisotopic (exact) mass is 188 g/mol. The summed E-state index contributed by atoms with van der Waals surface area (Å²) in [6.07, 6.45) is -0.706. The number of hydrogen-bond donors (Lipinski definition) is 2. The third kappa shape index (κ3) is 2.60. The number of nitrogens with one attached hydrogen (secondary N) is 1. The van der Waals surface area contributed by atoms with E-state index in [4.69, 9.17) is 16.7 Å². The average molecular weight is 189 g/mol. The second kappa shape index (κ2) is 3.64. The molecule has 1 heterocycles. The van der Waals surface area contributed by atoms with Crippen LogP contribution in [-0.4, -0.2) is 26.3 Å². The Morgan fingerprint density at radius 1 is 1.42 bits per heavy atom. The van der Waals surface area contributed by atoms with E-state index in [1.54, 1.807) is 13.8 Å². The van der Waals surface area contributed by atoms with Crippen molar-refractivity contribution in [2.45, 2.75) is 20.1 Å². The Morgan fingerprint density at radius 3 is 2.58 bits per heavy atom. The van der Waals surface area contributed by atoms with Gasteiger partial charge in [0.1, 0.15) is 12.1 Å². The molecule has 5 nitrogen and oxygen atoms in total. The average Bonchev–Trinajstić information content (AvgIpc) is 1.81. The van der Waals surface area contributed by atoms with Crippen molar-refractivity contribution in [2.75, 3.05) is 5.32 Å². The van der Waals surface area contributed by atoms with Gasteiger partial charge in [-0.15, -0.1) is 0 Å². The van der Waals surface area contributed by atoms with E-state index in [2.05, 4.69) is 20.3 Å². The molecule has 0 fully saturated rings. The Hall–Kier alpha value is -0.940. The van der Waals surface area contributed by atoms with E-state index in [-0.39, 0.29) is 11.2 Å². The fourth-order valence-electron chi connectivity index (χ4n) is 0.701. The van der Waals surface area contributed by atoms with Crippen LogP contribution in [0, 0.1) is 6.92 Å². The first kappa shape index (κ1) is 9.15. The summed E-state index contributed by atoms with van der Waals surface area (Å²) < 4.78 is 0. The Labute approximate surface area is 74.8 Å². The molecule has 6 heteroatoms. The number of halogens is 1. The van der Waals surface area contributed by atoms with E-state index < -0.39 is 6.23 Å². The summed E-state index contributed by atoms with van der Waals surface area (Å²) in [5, 5.41) is 11.6. The highest BCUT2D eigenvalue weighted by molar-refractivity contribution is 6.28. The molecule has 0 saturated carbocycles. The van der Waals surface area contributed by atoms with Crippen LogP contribution in [0.3, 0.4) is 0 Å². The maximum Gasteiger partial charge on any atom is 0.229 e. The SMILES string of the molecule is Cc1nc(Cl)nc(NC(C)O)n1. The number of aryl methyl sites for hydroxylation is 1. The van der Waals surface area contributed by atoms with Crippen LogP contribution in [-0.2, 0) is 0 Å². The lowest BCUT2D eigenvalue weighted by Gasteiger charge is -2.06. The molecule has 1 aromatic heterocycles. The number of aliphatic hydroxyl groups excluding tert-OH is 1. The van der Waals surface area contributed by atoms with Gasteiger partial charge in [-0.25, -0.2) is 4.98 Å². The number of nitrogens with zero attached hydrogens (tertiary/aromatic N) is 3. The number of rotatable bonds is 2. The summed E-state index contributed by atoms with van der Waals surface area (Å²) in [5.74, 6) is 0.792. The Morgan fingerprint density at radius 2 is 2.08 bits per heavy atom. The first-order chi connectivity index (χ1) is 5.58. The molecule has 1 unspecified atom stereocenters. The minimum atomic E-state index is -0.706. The van der Waals surface area contributed by atoms with Crippen molar-refractivity contribution in [3.63, 3.8) is 0 Å². The second-order valence-electron chi connectivity index (χ2n) is 2.30. The van der Waals surface area contributed by atoms with Gasteiger partial charge in [-0.2, -0.15) is 9.97 Å². The van der Waals surface area contributed by atoms with E-state index in [0.717, 1.165) is 0 Å². The molecule has 0 bridgehead atoms. The number of anilines is 1. The molecule has 0 amide bonds. The topological polar surface area (TPSA) is 70.9 Å². The number of aliphatic hydroxyl groups is 1. The van der Waals surface area contributed by atoms with Crippen LogP contribution in [0.2, 0.25) is 5.28 Å². The molecule has 0 spiro atoms. The van der Waals surface area contributed by atoms with Crippen molar-refractivity contribution < 1.29 is 5.11 Å². The molecule has 66 valence electrons. The molecule has 0 aliphatic heterocycles. The van der Waals surface area contributed by atoms with Gasteiger partial charge in [-0.3, -0.25) is 0 Å². The van der Waals surface area contributed by atoms with Crippen LogP contribution >= 0.6 is 11.6 Å². The molecule has 1 aromatic rings. The zero-order valence-electron chi connectivity index (χ0n) is 6.74. The molecule has 0 aliphatic rings. The first-order valence-electron chi connectivity index (χ1n) is 3.40. The van der Waals surface area contributed by atoms with Gasteiger partial charge in [0.05, 0.1) is 0 Å². The van der Waals surface area contributed by atoms with Gasteiger partial charge in [0.15, 0.2) is 0 Å². The summed E-state index contributed by atoms with van der Waals surface area (Å²) in [6.45, 7) is 3.26. The predicted octanol–water partition coefficient (Wildman–Crippen LogP) is 0.584. The Kier molecular flexibility index (Phi) is 2.78. The Bertz CT molecular complexity index is 258. The van der Waals surface area contributed by atoms with Gasteiger partial charge in [0.2, 0.25) is 11.2 Å². The normalized spacial score (nSPS) is 12.7. The van der Waals surface area contributed by atoms with Crippen molar-refractivity contribution >= 4 is 17.5 Å². The van der Waals surface area contributed by atoms with Gasteiger partial charge >= 0.3 is 0 Å². The fourth-order valence-corrected chi connectivity index (χ4v) is 0.903. The molecule has 12 heavy (non-hydrogen) atoms. The van der Waals surface area contributed by atoms with Crippen LogP contribution < -0.4 is 5.32 Å². The molecule has 1 atom stereocenters. The maximum atomic E-state index is 8.93. The maximum absolute atomic E-state index is 8.93. The van der Waals surface area contributed by atoms with Crippen molar-refractivity contribution in [3.05, 3.63) is 11.1 Å². The van der Waals surface area contributed by atoms with Gasteiger partial charge in [-0.1, -0.05) is 0 Å². The highest BCUT2D eigenvalue weighted by Crippen LogP contribution is 2.05. The zero-order valence-corrected chi connectivity index (χ0v) is 7.50. The lowest BCUT2D eigenvalue weighted by molar-refractivity contribution is 0.223. The van der Waals surface area contributed by atoms with Crippen molar-refractivity contribution in [3.8, 4) is 0 Å². The van der Waals surface area contributed by atoms with E-state index in [0.29, 0.717) is 5.82 Å². The largest absolute Gasteiger partial charge is 0.374 e. The van der Waals surface area contributed by atoms with Gasteiger partial charge in [0, 0.05) is 0 Å². The predicted molar refractivity (Wildman–Crippen MR) is 44.9 cm³/mol. The lowest BCUT2D eigenvalue weighted by Crippen LogP contribution is -2.16. The van der Waals surface area contributed by atoms with Crippen LogP contribution in [0.25, 0.3) is 0 Å². The summed E-state index contributed by atoms with van der Waals surface area (Å²) in [5.41, 5.74) is 0. The molecule has 0 radical (unpaired) electrons. The zero-order chi connectivity index (χ0) is 9.14. The first-order valence-corrected chi connectivity index (χ1v) is 3.78. The smallest absolute Gasteiger partial charge is 0.229 e. The summed E-state index contributed by atoms with van der Waals surface area (Å²) in [6, 6.07) is 0. The second-order valence-corrected chi connectivity index (χ2v) is 2.63. The van der Waals surface area contributed by atoms with Crippen LogP contribution in [0.15, 0.2) is 0 Å². The molecule has 0 aliphatic carbocycles. The van der Waals surface area contributed by atoms with Crippen molar-refractivity contribution in [1.29, 1.82) is 0 Å². The highest BCUT2D eigenvalue weighted by atomic mass is 35.5. The minimum Gasteiger partial charge on any atom is -0.374 e. The quantitative estimate of drug-likeness (QED) is 0.665.